The van der Waals surface area contributed by atoms with E-state index in [1.54, 1.807) is 12.4 Å². The third kappa shape index (κ3) is 2.64. The van der Waals surface area contributed by atoms with E-state index in [1.165, 1.54) is 0 Å². The summed E-state index contributed by atoms with van der Waals surface area (Å²) in [6.07, 6.45) is 3.83. The molecule has 1 aromatic carbocycles. The van der Waals surface area contributed by atoms with E-state index in [-0.39, 0.29) is 12.5 Å². The van der Waals surface area contributed by atoms with Crippen LogP contribution in [0.2, 0.25) is 0 Å². The monoisotopic (exact) mass is 281 g/mol. The number of aromatic amines is 1. The Balaban J connectivity index is 2.00. The third-order valence-electron chi connectivity index (χ3n) is 3.30. The number of aliphatic imine (C=N–C) groups is 1. The SMILES string of the molecule is OCCc1ccccc1N=Cc1c(O)[nH]c2ncccc12. The van der Waals surface area contributed by atoms with Crippen LogP contribution in [0.3, 0.4) is 0 Å². The topological polar surface area (TPSA) is 81.5 Å². The molecular formula is C16H15N3O2. The lowest BCUT2D eigenvalue weighted by Gasteiger charge is -2.02. The van der Waals surface area contributed by atoms with Gasteiger partial charge in [-0.3, -0.25) is 4.99 Å². The molecule has 0 unspecified atom stereocenters. The van der Waals surface area contributed by atoms with Gasteiger partial charge in [-0.05, 0) is 30.2 Å². The second kappa shape index (κ2) is 5.76. The Morgan fingerprint density at radius 3 is 2.90 bits per heavy atom. The number of para-hydroxylation sites is 1. The molecule has 0 atom stereocenters. The number of aromatic nitrogens is 2. The molecule has 0 amide bonds. The molecule has 0 spiro atoms. The van der Waals surface area contributed by atoms with Crippen LogP contribution in [0.1, 0.15) is 11.1 Å². The highest BCUT2D eigenvalue weighted by Crippen LogP contribution is 2.25. The van der Waals surface area contributed by atoms with E-state index in [0.717, 1.165) is 16.6 Å². The predicted molar refractivity (Wildman–Crippen MR) is 82.2 cm³/mol. The van der Waals surface area contributed by atoms with Crippen molar-refractivity contribution in [3.8, 4) is 5.88 Å². The van der Waals surface area contributed by atoms with Crippen molar-refractivity contribution in [3.63, 3.8) is 0 Å². The van der Waals surface area contributed by atoms with Gasteiger partial charge in [0.2, 0.25) is 0 Å². The summed E-state index contributed by atoms with van der Waals surface area (Å²) in [6.45, 7) is 0.0782. The van der Waals surface area contributed by atoms with Crippen LogP contribution < -0.4 is 0 Å². The summed E-state index contributed by atoms with van der Waals surface area (Å²) in [4.78, 5) is 11.4. The second-order valence-electron chi connectivity index (χ2n) is 4.65. The summed E-state index contributed by atoms with van der Waals surface area (Å²) in [5.41, 5.74) is 2.98. The summed E-state index contributed by atoms with van der Waals surface area (Å²) in [5.74, 6) is 0.0482. The number of pyridine rings is 1. The van der Waals surface area contributed by atoms with Crippen molar-refractivity contribution >= 4 is 22.9 Å². The highest BCUT2D eigenvalue weighted by Gasteiger charge is 2.09. The highest BCUT2D eigenvalue weighted by molar-refractivity contribution is 6.01. The average molecular weight is 281 g/mol. The third-order valence-corrected chi connectivity index (χ3v) is 3.30. The molecule has 21 heavy (non-hydrogen) atoms. The predicted octanol–water partition coefficient (Wildman–Crippen LogP) is 2.55. The standard InChI is InChI=1S/C16H15N3O2/c20-9-7-11-4-1-2-6-14(11)18-10-13-12-5-3-8-17-15(12)19-16(13)21/h1-6,8,10,20-21H,7,9H2,(H,17,19). The molecule has 2 aromatic heterocycles. The van der Waals surface area contributed by atoms with Crippen LogP contribution in [-0.4, -0.2) is 33.0 Å². The van der Waals surface area contributed by atoms with Crippen LogP contribution in [-0.2, 0) is 6.42 Å². The lowest BCUT2D eigenvalue weighted by molar-refractivity contribution is 0.300. The average Bonchev–Trinajstić information content (AvgIpc) is 2.82. The maximum absolute atomic E-state index is 9.96. The first kappa shape index (κ1) is 13.3. The number of aliphatic hydroxyl groups excluding tert-OH is 1. The van der Waals surface area contributed by atoms with Crippen LogP contribution in [0.15, 0.2) is 47.6 Å². The zero-order valence-electron chi connectivity index (χ0n) is 11.3. The first-order valence-electron chi connectivity index (χ1n) is 6.68. The first-order chi connectivity index (χ1) is 10.3. The summed E-state index contributed by atoms with van der Waals surface area (Å²) in [7, 11) is 0. The molecule has 0 fully saturated rings. The number of benzene rings is 1. The van der Waals surface area contributed by atoms with E-state index in [4.69, 9.17) is 5.11 Å². The molecule has 3 N–H and O–H groups in total. The summed E-state index contributed by atoms with van der Waals surface area (Å²) < 4.78 is 0. The van der Waals surface area contributed by atoms with Gasteiger partial charge in [0.25, 0.3) is 0 Å². The quantitative estimate of drug-likeness (QED) is 0.643. The van der Waals surface area contributed by atoms with Gasteiger partial charge < -0.3 is 15.2 Å². The Hall–Kier alpha value is -2.66. The zero-order valence-corrected chi connectivity index (χ0v) is 11.3. The van der Waals surface area contributed by atoms with Crippen molar-refractivity contribution in [3.05, 3.63) is 53.7 Å². The largest absolute Gasteiger partial charge is 0.494 e. The smallest absolute Gasteiger partial charge is 0.199 e. The summed E-state index contributed by atoms with van der Waals surface area (Å²) >= 11 is 0. The molecule has 0 saturated carbocycles. The summed E-state index contributed by atoms with van der Waals surface area (Å²) in [5, 5.41) is 19.9. The lowest BCUT2D eigenvalue weighted by Crippen LogP contribution is -1.91. The Morgan fingerprint density at radius 2 is 2.05 bits per heavy atom. The molecule has 3 aromatic rings. The van der Waals surface area contributed by atoms with Crippen molar-refractivity contribution < 1.29 is 10.2 Å². The molecule has 5 heteroatoms. The van der Waals surface area contributed by atoms with Crippen molar-refractivity contribution in [2.75, 3.05) is 6.61 Å². The Kier molecular flexibility index (Phi) is 3.66. The zero-order chi connectivity index (χ0) is 14.7. The van der Waals surface area contributed by atoms with Crippen molar-refractivity contribution in [1.82, 2.24) is 9.97 Å². The number of aromatic hydroxyl groups is 1. The van der Waals surface area contributed by atoms with E-state index < -0.39 is 0 Å². The van der Waals surface area contributed by atoms with Gasteiger partial charge in [-0.25, -0.2) is 4.98 Å². The molecule has 0 saturated heterocycles. The van der Waals surface area contributed by atoms with Crippen molar-refractivity contribution in [1.29, 1.82) is 0 Å². The fourth-order valence-corrected chi connectivity index (χ4v) is 2.26. The van der Waals surface area contributed by atoms with Crippen LogP contribution in [0.5, 0.6) is 5.88 Å². The van der Waals surface area contributed by atoms with Crippen molar-refractivity contribution in [2.24, 2.45) is 4.99 Å². The van der Waals surface area contributed by atoms with Gasteiger partial charge in [0, 0.05) is 24.4 Å². The molecule has 0 aliphatic heterocycles. The Morgan fingerprint density at radius 1 is 1.19 bits per heavy atom. The van der Waals surface area contributed by atoms with Gasteiger partial charge in [-0.2, -0.15) is 0 Å². The summed E-state index contributed by atoms with van der Waals surface area (Å²) in [6, 6.07) is 11.3. The fraction of sp³-hybridized carbons (Fsp3) is 0.125. The van der Waals surface area contributed by atoms with Crippen molar-refractivity contribution in [2.45, 2.75) is 6.42 Å². The number of hydrogen-bond acceptors (Lipinski definition) is 4. The number of hydrogen-bond donors (Lipinski definition) is 3. The molecule has 0 aliphatic rings. The second-order valence-corrected chi connectivity index (χ2v) is 4.65. The number of nitrogens with one attached hydrogen (secondary N) is 1. The number of rotatable bonds is 4. The molecule has 5 nitrogen and oxygen atoms in total. The van der Waals surface area contributed by atoms with Gasteiger partial charge in [0.1, 0.15) is 5.65 Å². The maximum Gasteiger partial charge on any atom is 0.199 e. The van der Waals surface area contributed by atoms with E-state index in [1.807, 2.05) is 36.4 Å². The molecule has 0 bridgehead atoms. The van der Waals surface area contributed by atoms with Gasteiger partial charge >= 0.3 is 0 Å². The number of nitrogens with zero attached hydrogens (tertiary/aromatic N) is 2. The molecule has 106 valence electrons. The number of aliphatic hydroxyl groups is 1. The number of fused-ring (bicyclic) bond motifs is 1. The molecular weight excluding hydrogens is 266 g/mol. The molecule has 2 heterocycles. The van der Waals surface area contributed by atoms with E-state index in [9.17, 15) is 5.11 Å². The van der Waals surface area contributed by atoms with Crippen LogP contribution in [0, 0.1) is 0 Å². The normalized spacial score (nSPS) is 11.5. The van der Waals surface area contributed by atoms with Gasteiger partial charge in [-0.1, -0.05) is 18.2 Å². The lowest BCUT2D eigenvalue weighted by atomic mass is 10.1. The minimum absolute atomic E-state index is 0.0482. The van der Waals surface area contributed by atoms with E-state index in [2.05, 4.69) is 15.0 Å². The minimum atomic E-state index is 0.0482. The fourth-order valence-electron chi connectivity index (χ4n) is 2.26. The Labute approximate surface area is 121 Å². The minimum Gasteiger partial charge on any atom is -0.494 e. The molecule has 0 aliphatic carbocycles. The highest BCUT2D eigenvalue weighted by atomic mass is 16.3. The first-order valence-corrected chi connectivity index (χ1v) is 6.68. The molecule has 3 rings (SSSR count). The van der Waals surface area contributed by atoms with Gasteiger partial charge in [0.15, 0.2) is 5.88 Å². The van der Waals surface area contributed by atoms with Gasteiger partial charge in [-0.15, -0.1) is 0 Å². The van der Waals surface area contributed by atoms with Gasteiger partial charge in [0.05, 0.1) is 11.3 Å². The number of H-pyrrole nitrogens is 1. The maximum atomic E-state index is 9.96. The van der Waals surface area contributed by atoms with Crippen LogP contribution in [0.25, 0.3) is 11.0 Å². The Bertz CT molecular complexity index is 793. The van der Waals surface area contributed by atoms with Crippen LogP contribution in [0.4, 0.5) is 5.69 Å². The van der Waals surface area contributed by atoms with Crippen LogP contribution >= 0.6 is 0 Å². The van der Waals surface area contributed by atoms with E-state index >= 15 is 0 Å². The molecule has 0 radical (unpaired) electrons. The van der Waals surface area contributed by atoms with E-state index in [0.29, 0.717) is 17.6 Å².